The first-order chi connectivity index (χ1) is 10.4. The van der Waals surface area contributed by atoms with E-state index in [-0.39, 0.29) is 0 Å². The lowest BCUT2D eigenvalue weighted by atomic mass is 10.1. The standard InChI is InChI=1S/C16H13F3N2S/c1-9-7-10(3-5-12(9)20-2)15-21-13-6-4-11(16(17,18)19)8-14(13)22-15/h3-8,20H,1-2H3. The molecule has 1 aromatic heterocycles. The summed E-state index contributed by atoms with van der Waals surface area (Å²) in [4.78, 5) is 4.43. The van der Waals surface area contributed by atoms with Gasteiger partial charge < -0.3 is 5.32 Å². The Morgan fingerprint density at radius 3 is 2.50 bits per heavy atom. The van der Waals surface area contributed by atoms with Crippen LogP contribution in [-0.4, -0.2) is 12.0 Å². The van der Waals surface area contributed by atoms with Crippen molar-refractivity contribution >= 4 is 27.2 Å². The van der Waals surface area contributed by atoms with Crippen LogP contribution in [0, 0.1) is 6.92 Å². The molecule has 1 N–H and O–H groups in total. The number of nitrogens with one attached hydrogen (secondary N) is 1. The number of thiazole rings is 1. The third-order valence-corrected chi connectivity index (χ3v) is 4.53. The topological polar surface area (TPSA) is 24.9 Å². The number of hydrogen-bond acceptors (Lipinski definition) is 3. The Hall–Kier alpha value is -2.08. The number of aromatic nitrogens is 1. The van der Waals surface area contributed by atoms with Gasteiger partial charge in [-0.1, -0.05) is 0 Å². The number of hydrogen-bond donors (Lipinski definition) is 1. The second kappa shape index (κ2) is 5.28. The molecular weight excluding hydrogens is 309 g/mol. The predicted octanol–water partition coefficient (Wildman–Crippen LogP) is 5.33. The van der Waals surface area contributed by atoms with Crippen LogP contribution in [-0.2, 0) is 6.18 Å². The van der Waals surface area contributed by atoms with Crippen LogP contribution >= 0.6 is 11.3 Å². The van der Waals surface area contributed by atoms with Gasteiger partial charge in [0, 0.05) is 18.3 Å². The minimum Gasteiger partial charge on any atom is -0.388 e. The minimum absolute atomic E-state index is 0.542. The molecule has 0 atom stereocenters. The molecule has 0 spiro atoms. The fourth-order valence-corrected chi connectivity index (χ4v) is 3.30. The number of halogens is 3. The number of rotatable bonds is 2. The van der Waals surface area contributed by atoms with Gasteiger partial charge in [-0.2, -0.15) is 13.2 Å². The summed E-state index contributed by atoms with van der Waals surface area (Å²) in [5.41, 5.74) is 2.94. The number of benzene rings is 2. The molecular formula is C16H13F3N2S. The zero-order valence-electron chi connectivity index (χ0n) is 12.0. The summed E-state index contributed by atoms with van der Waals surface area (Å²) < 4.78 is 38.8. The third kappa shape index (κ3) is 2.66. The summed E-state index contributed by atoms with van der Waals surface area (Å²) in [6, 6.07) is 9.49. The van der Waals surface area contributed by atoms with E-state index in [1.54, 1.807) is 0 Å². The zero-order chi connectivity index (χ0) is 15.9. The molecule has 0 saturated heterocycles. The maximum absolute atomic E-state index is 12.8. The Morgan fingerprint density at radius 1 is 1.09 bits per heavy atom. The first-order valence-corrected chi connectivity index (χ1v) is 7.46. The molecule has 0 saturated carbocycles. The average Bonchev–Trinajstić information content (AvgIpc) is 2.89. The van der Waals surface area contributed by atoms with Gasteiger partial charge in [0.2, 0.25) is 0 Å². The van der Waals surface area contributed by atoms with Crippen molar-refractivity contribution in [2.75, 3.05) is 12.4 Å². The van der Waals surface area contributed by atoms with Gasteiger partial charge in [-0.05, 0) is 48.9 Å². The minimum atomic E-state index is -4.33. The Balaban J connectivity index is 2.07. The summed E-state index contributed by atoms with van der Waals surface area (Å²) >= 11 is 1.27. The van der Waals surface area contributed by atoms with Crippen LogP contribution in [0.5, 0.6) is 0 Å². The molecule has 0 fully saturated rings. The van der Waals surface area contributed by atoms with Crippen LogP contribution in [0.15, 0.2) is 36.4 Å². The van der Waals surface area contributed by atoms with Gasteiger partial charge in [0.1, 0.15) is 5.01 Å². The van der Waals surface area contributed by atoms with Crippen molar-refractivity contribution in [2.24, 2.45) is 0 Å². The molecule has 0 aliphatic heterocycles. The smallest absolute Gasteiger partial charge is 0.388 e. The summed E-state index contributed by atoms with van der Waals surface area (Å²) in [5.74, 6) is 0. The molecule has 0 amide bonds. The quantitative estimate of drug-likeness (QED) is 0.689. The van der Waals surface area contributed by atoms with Crippen molar-refractivity contribution in [3.05, 3.63) is 47.5 Å². The fraction of sp³-hybridized carbons (Fsp3) is 0.188. The van der Waals surface area contributed by atoms with Crippen molar-refractivity contribution in [1.29, 1.82) is 0 Å². The van der Waals surface area contributed by atoms with Crippen molar-refractivity contribution in [2.45, 2.75) is 13.1 Å². The number of aryl methyl sites for hydroxylation is 1. The first-order valence-electron chi connectivity index (χ1n) is 6.65. The van der Waals surface area contributed by atoms with Gasteiger partial charge in [-0.25, -0.2) is 4.98 Å². The van der Waals surface area contributed by atoms with E-state index in [2.05, 4.69) is 10.3 Å². The van der Waals surface area contributed by atoms with Crippen LogP contribution in [0.3, 0.4) is 0 Å². The molecule has 1 heterocycles. The third-order valence-electron chi connectivity index (χ3n) is 3.46. The normalized spacial score (nSPS) is 11.9. The van der Waals surface area contributed by atoms with E-state index in [9.17, 15) is 13.2 Å². The van der Waals surface area contributed by atoms with E-state index in [0.717, 1.165) is 34.0 Å². The van der Waals surface area contributed by atoms with Gasteiger partial charge in [0.05, 0.1) is 15.8 Å². The van der Waals surface area contributed by atoms with E-state index >= 15 is 0 Å². The van der Waals surface area contributed by atoms with Gasteiger partial charge in [-0.15, -0.1) is 11.3 Å². The Morgan fingerprint density at radius 2 is 1.86 bits per heavy atom. The number of nitrogens with zero attached hydrogens (tertiary/aromatic N) is 1. The predicted molar refractivity (Wildman–Crippen MR) is 84.3 cm³/mol. The summed E-state index contributed by atoms with van der Waals surface area (Å²) in [5, 5.41) is 3.80. The highest BCUT2D eigenvalue weighted by Gasteiger charge is 2.30. The maximum Gasteiger partial charge on any atom is 0.416 e. The second-order valence-electron chi connectivity index (χ2n) is 4.98. The van der Waals surface area contributed by atoms with Crippen LogP contribution in [0.1, 0.15) is 11.1 Å². The molecule has 114 valence electrons. The van der Waals surface area contributed by atoms with E-state index in [0.29, 0.717) is 10.2 Å². The Bertz CT molecular complexity index is 837. The number of fused-ring (bicyclic) bond motifs is 1. The first kappa shape index (κ1) is 14.8. The Kier molecular flexibility index (Phi) is 3.56. The lowest BCUT2D eigenvalue weighted by Crippen LogP contribution is -2.03. The molecule has 0 bridgehead atoms. The van der Waals surface area contributed by atoms with Crippen molar-refractivity contribution < 1.29 is 13.2 Å². The fourth-order valence-electron chi connectivity index (χ4n) is 2.30. The van der Waals surface area contributed by atoms with Crippen molar-refractivity contribution in [1.82, 2.24) is 4.98 Å². The molecule has 0 aliphatic carbocycles. The summed E-state index contributed by atoms with van der Waals surface area (Å²) in [7, 11) is 1.85. The molecule has 3 aromatic rings. The zero-order valence-corrected chi connectivity index (χ0v) is 12.8. The maximum atomic E-state index is 12.8. The van der Waals surface area contributed by atoms with Crippen LogP contribution in [0.4, 0.5) is 18.9 Å². The van der Waals surface area contributed by atoms with E-state index < -0.39 is 11.7 Å². The Labute approximate surface area is 129 Å². The van der Waals surface area contributed by atoms with Gasteiger partial charge in [-0.3, -0.25) is 0 Å². The van der Waals surface area contributed by atoms with E-state index in [1.165, 1.54) is 17.4 Å². The van der Waals surface area contributed by atoms with Crippen LogP contribution in [0.25, 0.3) is 20.8 Å². The highest BCUT2D eigenvalue weighted by molar-refractivity contribution is 7.21. The number of alkyl halides is 3. The number of anilines is 1. The average molecular weight is 322 g/mol. The van der Waals surface area contributed by atoms with Crippen LogP contribution < -0.4 is 5.32 Å². The van der Waals surface area contributed by atoms with Gasteiger partial charge >= 0.3 is 6.18 Å². The second-order valence-corrected chi connectivity index (χ2v) is 6.01. The molecule has 3 rings (SSSR count). The lowest BCUT2D eigenvalue weighted by molar-refractivity contribution is -0.137. The van der Waals surface area contributed by atoms with Gasteiger partial charge in [0.15, 0.2) is 0 Å². The molecule has 0 aliphatic rings. The van der Waals surface area contributed by atoms with E-state index in [4.69, 9.17) is 0 Å². The molecule has 2 aromatic carbocycles. The SMILES string of the molecule is CNc1ccc(-c2nc3ccc(C(F)(F)F)cc3s2)cc1C. The molecule has 22 heavy (non-hydrogen) atoms. The molecule has 0 unspecified atom stereocenters. The van der Waals surface area contributed by atoms with Crippen molar-refractivity contribution in [3.8, 4) is 10.6 Å². The molecule has 2 nitrogen and oxygen atoms in total. The van der Waals surface area contributed by atoms with Crippen LogP contribution in [0.2, 0.25) is 0 Å². The molecule has 0 radical (unpaired) electrons. The monoisotopic (exact) mass is 322 g/mol. The summed E-state index contributed by atoms with van der Waals surface area (Å²) in [6.45, 7) is 1.98. The molecule has 6 heteroatoms. The van der Waals surface area contributed by atoms with Crippen molar-refractivity contribution in [3.63, 3.8) is 0 Å². The highest BCUT2D eigenvalue weighted by Crippen LogP contribution is 2.36. The van der Waals surface area contributed by atoms with E-state index in [1.807, 2.05) is 32.2 Å². The largest absolute Gasteiger partial charge is 0.416 e. The lowest BCUT2D eigenvalue weighted by Gasteiger charge is -2.05. The van der Waals surface area contributed by atoms with Gasteiger partial charge in [0.25, 0.3) is 0 Å². The summed E-state index contributed by atoms with van der Waals surface area (Å²) in [6.07, 6.45) is -4.33. The highest BCUT2D eigenvalue weighted by atomic mass is 32.1.